The van der Waals surface area contributed by atoms with E-state index in [1.807, 2.05) is 55.4 Å². The maximum atomic E-state index is 12.3. The van der Waals surface area contributed by atoms with Gasteiger partial charge in [0.25, 0.3) is 12.6 Å². The van der Waals surface area contributed by atoms with Gasteiger partial charge in [-0.2, -0.15) is 0 Å². The van der Waals surface area contributed by atoms with Crippen molar-refractivity contribution in [1.29, 1.82) is 0 Å². The largest absolute Gasteiger partial charge is 0.461 e. The summed E-state index contributed by atoms with van der Waals surface area (Å²) in [4.78, 5) is 71.7. The molecule has 0 aromatic heterocycles. The fourth-order valence-corrected chi connectivity index (χ4v) is 7.63. The summed E-state index contributed by atoms with van der Waals surface area (Å²) in [6.07, 6.45) is 4.52. The molecule has 6 aliphatic rings. The Hall–Kier alpha value is -4.70. The monoisotopic (exact) mass is 844 g/mol. The predicted octanol–water partition coefficient (Wildman–Crippen LogP) is 5.32. The summed E-state index contributed by atoms with van der Waals surface area (Å²) < 4.78 is 55.9. The smallest absolute Gasteiger partial charge is 0.309 e. The van der Waals surface area contributed by atoms with Gasteiger partial charge in [-0.05, 0) is 47.0 Å². The zero-order valence-electron chi connectivity index (χ0n) is 36.3. The molecule has 2 spiro atoms. The number of carbonyl (C=O) groups excluding carboxylic acids is 6. The molecule has 332 valence electrons. The van der Waals surface area contributed by atoms with Crippen molar-refractivity contribution < 1.29 is 76.1 Å². The van der Waals surface area contributed by atoms with Crippen LogP contribution in [0.25, 0.3) is 0 Å². The van der Waals surface area contributed by atoms with Crippen LogP contribution < -0.4 is 0 Å². The first kappa shape index (κ1) is 46.4. The van der Waals surface area contributed by atoms with Crippen LogP contribution >= 0.6 is 0 Å². The molecule has 0 aromatic carbocycles. The fourth-order valence-electron chi connectivity index (χ4n) is 7.63. The second-order valence-electron chi connectivity index (χ2n) is 17.7. The van der Waals surface area contributed by atoms with E-state index in [0.29, 0.717) is 37.2 Å². The van der Waals surface area contributed by atoms with Crippen LogP contribution in [0.3, 0.4) is 0 Å². The van der Waals surface area contributed by atoms with Crippen molar-refractivity contribution in [2.75, 3.05) is 26.4 Å². The first-order valence-corrected chi connectivity index (χ1v) is 20.7. The lowest BCUT2D eigenvalue weighted by Crippen LogP contribution is -2.44. The Balaban J connectivity index is 0.000000228. The number of epoxide rings is 2. The normalized spacial score (nSPS) is 29.1. The highest BCUT2D eigenvalue weighted by molar-refractivity contribution is 5.72. The fraction of sp³-hybridized carbons (Fsp3) is 0.682. The number of carbonyl (C=O) groups is 6. The first-order valence-electron chi connectivity index (χ1n) is 20.7. The third kappa shape index (κ3) is 11.4. The quantitative estimate of drug-likeness (QED) is 0.110. The summed E-state index contributed by atoms with van der Waals surface area (Å²) in [6, 6.07) is 0. The van der Waals surface area contributed by atoms with E-state index >= 15 is 0 Å². The maximum Gasteiger partial charge on any atom is 0.309 e. The molecule has 2 saturated heterocycles. The van der Waals surface area contributed by atoms with E-state index in [1.165, 1.54) is 26.4 Å². The van der Waals surface area contributed by atoms with Gasteiger partial charge in [0, 0.05) is 50.7 Å². The van der Waals surface area contributed by atoms with Crippen molar-refractivity contribution in [2.24, 2.45) is 35.5 Å². The van der Waals surface area contributed by atoms with Crippen LogP contribution in [-0.2, 0) is 76.1 Å². The van der Waals surface area contributed by atoms with Gasteiger partial charge in [0.15, 0.2) is 12.2 Å². The third-order valence-corrected chi connectivity index (χ3v) is 10.5. The summed E-state index contributed by atoms with van der Waals surface area (Å²) in [5.74, 6) is -2.56. The molecule has 0 N–H and O–H groups in total. The SMILES string of the molecule is CC(=O)OCC1=CO[C@@H](OC(=O)CC(C)C)[C@H]2C1=C[C@H](OC(=O)CC(C)C)[C@]21CO1.CC(=O)OCC1=CO[C@@H](OC(=O)CC(C)C)[C@H]2C1=C[C@H](OC(=O)CC(C)C)[C@]21CO1. The first-order chi connectivity index (χ1) is 28.2. The topological polar surface area (TPSA) is 201 Å². The van der Waals surface area contributed by atoms with E-state index in [9.17, 15) is 28.8 Å². The highest BCUT2D eigenvalue weighted by Crippen LogP contribution is 2.56. The molecular weight excluding hydrogens is 784 g/mol. The van der Waals surface area contributed by atoms with Crippen molar-refractivity contribution in [1.82, 2.24) is 0 Å². The molecule has 4 heterocycles. The number of ether oxygens (including phenoxy) is 10. The van der Waals surface area contributed by atoms with E-state index in [1.54, 1.807) is 12.2 Å². The minimum absolute atomic E-state index is 0.00701. The van der Waals surface area contributed by atoms with Crippen LogP contribution in [0.2, 0.25) is 0 Å². The molecule has 0 radical (unpaired) electrons. The highest BCUT2D eigenvalue weighted by Gasteiger charge is 2.69. The van der Waals surface area contributed by atoms with Crippen molar-refractivity contribution in [3.63, 3.8) is 0 Å². The number of hydrogen-bond donors (Lipinski definition) is 0. The average Bonchev–Trinajstić information content (AvgIpc) is 4.03. The van der Waals surface area contributed by atoms with Gasteiger partial charge in [-0.15, -0.1) is 0 Å². The molecule has 60 heavy (non-hydrogen) atoms. The minimum atomic E-state index is -0.903. The molecule has 6 rings (SSSR count). The summed E-state index contributed by atoms with van der Waals surface area (Å²) in [5.41, 5.74) is 1.10. The number of hydrogen-bond acceptors (Lipinski definition) is 16. The standard InChI is InChI=1S/2C22H30O8/c2*1-12(2)6-18(24)29-17-8-16-15(9-26-14(5)23)10-27-21(20(16)22(17)11-28-22)30-19(25)7-13(3)4/h2*8,10,12-13,17,20-21H,6-7,9,11H2,1-5H3/t2*17-,20+,21-,22+/m00/s1. The third-order valence-electron chi connectivity index (χ3n) is 10.5. The molecule has 0 bridgehead atoms. The Morgan fingerprint density at radius 2 is 0.850 bits per heavy atom. The molecule has 0 saturated carbocycles. The van der Waals surface area contributed by atoms with Gasteiger partial charge in [-0.3, -0.25) is 28.8 Å². The second kappa shape index (κ2) is 19.3. The van der Waals surface area contributed by atoms with Crippen molar-refractivity contribution in [3.05, 3.63) is 47.0 Å². The van der Waals surface area contributed by atoms with Crippen molar-refractivity contribution >= 4 is 35.8 Å². The molecule has 2 fully saturated rings. The minimum Gasteiger partial charge on any atom is -0.461 e. The van der Waals surface area contributed by atoms with E-state index in [2.05, 4.69) is 0 Å². The number of esters is 6. The molecule has 0 amide bonds. The average molecular weight is 845 g/mol. The van der Waals surface area contributed by atoms with Crippen molar-refractivity contribution in [3.8, 4) is 0 Å². The lowest BCUT2D eigenvalue weighted by atomic mass is 9.85. The highest BCUT2D eigenvalue weighted by atomic mass is 16.7. The lowest BCUT2D eigenvalue weighted by Gasteiger charge is -2.33. The molecular formula is C44H60O16. The summed E-state index contributed by atoms with van der Waals surface area (Å²) in [6.45, 7) is 18.8. The van der Waals surface area contributed by atoms with Gasteiger partial charge in [-0.25, -0.2) is 0 Å². The Bertz CT molecular complexity index is 1650. The predicted molar refractivity (Wildman–Crippen MR) is 209 cm³/mol. The molecule has 8 atom stereocenters. The summed E-state index contributed by atoms with van der Waals surface area (Å²) in [7, 11) is 0. The lowest BCUT2D eigenvalue weighted by molar-refractivity contribution is -0.187. The van der Waals surface area contributed by atoms with Crippen LogP contribution in [0.4, 0.5) is 0 Å². The zero-order chi connectivity index (χ0) is 44.1. The molecule has 2 aliphatic carbocycles. The molecule has 0 unspecified atom stereocenters. The van der Waals surface area contributed by atoms with Gasteiger partial charge in [0.05, 0.1) is 37.6 Å². The second-order valence-corrected chi connectivity index (χ2v) is 17.7. The van der Waals surface area contributed by atoms with Crippen molar-refractivity contribution in [2.45, 2.75) is 131 Å². The van der Waals surface area contributed by atoms with E-state index in [0.717, 1.165) is 11.1 Å². The molecule has 16 heteroatoms. The van der Waals surface area contributed by atoms with Crippen LogP contribution in [0, 0.1) is 35.5 Å². The van der Waals surface area contributed by atoms with Crippen LogP contribution in [0.15, 0.2) is 47.0 Å². The van der Waals surface area contributed by atoms with Gasteiger partial charge in [0.2, 0.25) is 0 Å². The molecule has 4 aliphatic heterocycles. The van der Waals surface area contributed by atoms with E-state index in [4.69, 9.17) is 47.4 Å². The van der Waals surface area contributed by atoms with Crippen LogP contribution in [0.5, 0.6) is 0 Å². The van der Waals surface area contributed by atoms with Gasteiger partial charge in [0.1, 0.15) is 24.4 Å². The van der Waals surface area contributed by atoms with E-state index < -0.39 is 59.8 Å². The summed E-state index contributed by atoms with van der Waals surface area (Å²) >= 11 is 0. The Kier molecular flexibility index (Phi) is 14.9. The Morgan fingerprint density at radius 1 is 0.550 bits per heavy atom. The Labute approximate surface area is 351 Å². The molecule has 16 nitrogen and oxygen atoms in total. The number of fused-ring (bicyclic) bond motifs is 4. The van der Waals surface area contributed by atoms with E-state index in [-0.39, 0.29) is 73.6 Å². The van der Waals surface area contributed by atoms with Gasteiger partial charge in [-0.1, -0.05) is 55.4 Å². The van der Waals surface area contributed by atoms with Crippen LogP contribution in [-0.4, -0.2) is 98.2 Å². The van der Waals surface area contributed by atoms with Gasteiger partial charge < -0.3 is 47.4 Å². The van der Waals surface area contributed by atoms with Gasteiger partial charge >= 0.3 is 35.8 Å². The number of rotatable bonds is 16. The Morgan fingerprint density at radius 3 is 1.12 bits per heavy atom. The molecule has 0 aromatic rings. The summed E-state index contributed by atoms with van der Waals surface area (Å²) in [5, 5.41) is 0. The maximum absolute atomic E-state index is 12.3. The van der Waals surface area contributed by atoms with Crippen LogP contribution in [0.1, 0.15) is 94.9 Å². The zero-order valence-corrected chi connectivity index (χ0v) is 36.3.